The first-order valence-electron chi connectivity index (χ1n) is 13.4. The number of carbonyl (C=O) groups is 4. The number of hydrogen-bond donors (Lipinski definition) is 2. The molecular weight excluding hydrogens is 634 g/mol. The lowest BCUT2D eigenvalue weighted by atomic mass is 10.1. The molecule has 240 valence electrons. The standard InChI is InChI=1S/C30H28F2O8S2.CH2O2/c1-5-6-18(33)24-9-16-22(41-24)11-20(37-3)29(27(16)31)39-13-15(2)14-40-30-21(38-4)12-23-17(28(30)32)10-25(42-23)19(34)7-8-26(35)36;2-1-3/h9-12H,2,5-8,13-14H2,1,3-4H3,(H,35,36);1H,(H,2,3). The molecule has 4 aromatic rings. The Balaban J connectivity index is 0.00000177. The molecule has 14 heteroatoms. The number of carboxylic acid groups (broad SMARTS) is 2. The van der Waals surface area contributed by atoms with Crippen molar-refractivity contribution in [2.24, 2.45) is 0 Å². The van der Waals surface area contributed by atoms with Gasteiger partial charge in [0.15, 0.2) is 46.2 Å². The van der Waals surface area contributed by atoms with Crippen LogP contribution in [-0.4, -0.2) is 61.7 Å². The Morgan fingerprint density at radius 3 is 1.62 bits per heavy atom. The van der Waals surface area contributed by atoms with Gasteiger partial charge >= 0.3 is 5.97 Å². The van der Waals surface area contributed by atoms with Gasteiger partial charge in [0.05, 0.1) is 30.4 Å². The Bertz CT molecular complexity index is 1740. The second kappa shape index (κ2) is 16.0. The van der Waals surface area contributed by atoms with E-state index in [9.17, 15) is 14.4 Å². The first-order valence-corrected chi connectivity index (χ1v) is 15.0. The van der Waals surface area contributed by atoms with Crippen molar-refractivity contribution < 1.29 is 57.1 Å². The fraction of sp³-hybridized carbons (Fsp3) is 0.290. The molecule has 0 unspecified atom stereocenters. The third-order valence-corrected chi connectivity index (χ3v) is 8.49. The second-order valence-corrected chi connectivity index (χ2v) is 11.6. The molecule has 0 radical (unpaired) electrons. The number of methoxy groups -OCH3 is 2. The summed E-state index contributed by atoms with van der Waals surface area (Å²) < 4.78 is 53.9. The number of carbonyl (C=O) groups excluding carboxylic acids is 2. The lowest BCUT2D eigenvalue weighted by Crippen LogP contribution is -2.11. The van der Waals surface area contributed by atoms with Crippen LogP contribution >= 0.6 is 22.7 Å². The van der Waals surface area contributed by atoms with E-state index in [2.05, 4.69) is 6.58 Å². The minimum Gasteiger partial charge on any atom is -0.493 e. The molecule has 10 nitrogen and oxygen atoms in total. The van der Waals surface area contributed by atoms with Crippen molar-refractivity contribution >= 4 is 66.9 Å². The summed E-state index contributed by atoms with van der Waals surface area (Å²) in [5, 5.41) is 16.1. The molecule has 0 fully saturated rings. The van der Waals surface area contributed by atoms with Crippen molar-refractivity contribution in [2.45, 2.75) is 32.6 Å². The zero-order valence-corrected chi connectivity index (χ0v) is 26.2. The molecule has 2 N–H and O–H groups in total. The first-order chi connectivity index (χ1) is 21.5. The minimum absolute atomic E-state index is 0.0608. The van der Waals surface area contributed by atoms with Gasteiger partial charge in [0.1, 0.15) is 13.2 Å². The number of ether oxygens (including phenoxy) is 4. The van der Waals surface area contributed by atoms with Crippen LogP contribution in [-0.2, 0) is 9.59 Å². The number of fused-ring (bicyclic) bond motifs is 2. The normalized spacial score (nSPS) is 10.6. The fourth-order valence-corrected chi connectivity index (χ4v) is 6.24. The van der Waals surface area contributed by atoms with Crippen molar-refractivity contribution in [1.29, 1.82) is 0 Å². The van der Waals surface area contributed by atoms with E-state index in [0.29, 0.717) is 32.7 Å². The van der Waals surface area contributed by atoms with Gasteiger partial charge in [-0.05, 0) is 24.1 Å². The molecule has 0 bridgehead atoms. The first kappa shape index (κ1) is 34.9. The van der Waals surface area contributed by atoms with E-state index < -0.39 is 23.4 Å². The van der Waals surface area contributed by atoms with Crippen LogP contribution in [0.25, 0.3) is 20.2 Å². The van der Waals surface area contributed by atoms with Crippen LogP contribution in [0, 0.1) is 11.6 Å². The molecule has 2 aromatic heterocycles. The van der Waals surface area contributed by atoms with Gasteiger partial charge in [-0.3, -0.25) is 19.2 Å². The summed E-state index contributed by atoms with van der Waals surface area (Å²) in [5.41, 5.74) is 0.345. The van der Waals surface area contributed by atoms with Gasteiger partial charge in [-0.1, -0.05) is 13.5 Å². The van der Waals surface area contributed by atoms with Gasteiger partial charge in [0.25, 0.3) is 6.47 Å². The van der Waals surface area contributed by atoms with Crippen LogP contribution in [0.4, 0.5) is 8.78 Å². The molecule has 0 aliphatic carbocycles. The number of hydrogen-bond acceptors (Lipinski definition) is 10. The molecule has 2 aromatic carbocycles. The zero-order valence-electron chi connectivity index (χ0n) is 24.6. The Kier molecular flexibility index (Phi) is 12.4. The van der Waals surface area contributed by atoms with Crippen molar-refractivity contribution in [3.05, 3.63) is 57.8 Å². The van der Waals surface area contributed by atoms with Gasteiger partial charge in [-0.15, -0.1) is 22.7 Å². The number of carboxylic acids is 1. The maximum Gasteiger partial charge on any atom is 0.303 e. The molecule has 4 rings (SSSR count). The molecule has 0 aliphatic rings. The monoisotopic (exact) mass is 664 g/mol. The van der Waals surface area contributed by atoms with E-state index in [1.165, 1.54) is 43.8 Å². The average molecular weight is 665 g/mol. The Morgan fingerprint density at radius 2 is 1.24 bits per heavy atom. The highest BCUT2D eigenvalue weighted by Crippen LogP contribution is 2.42. The SMILES string of the molecule is C=C(COc1c(OC)cc2sc(C(=O)CCC)cc2c1F)COc1c(OC)cc2sc(C(=O)CCC(=O)O)cc2c1F.O=CO. The Hall–Kier alpha value is -4.56. The molecular formula is C31H30F2O10S2. The summed E-state index contributed by atoms with van der Waals surface area (Å²) in [6, 6.07) is 6.01. The summed E-state index contributed by atoms with van der Waals surface area (Å²) in [7, 11) is 2.72. The summed E-state index contributed by atoms with van der Waals surface area (Å²) >= 11 is 2.22. The van der Waals surface area contributed by atoms with Gasteiger partial charge in [-0.25, -0.2) is 8.78 Å². The van der Waals surface area contributed by atoms with E-state index in [1.807, 2.05) is 6.92 Å². The van der Waals surface area contributed by atoms with E-state index in [-0.39, 0.29) is 77.0 Å². The van der Waals surface area contributed by atoms with Gasteiger partial charge < -0.3 is 29.2 Å². The molecule has 0 spiro atoms. The highest BCUT2D eigenvalue weighted by atomic mass is 32.1. The third kappa shape index (κ3) is 8.34. The number of rotatable bonds is 15. The van der Waals surface area contributed by atoms with Crippen LogP contribution in [0.5, 0.6) is 23.0 Å². The van der Waals surface area contributed by atoms with Crippen molar-refractivity contribution in [1.82, 2.24) is 0 Å². The Morgan fingerprint density at radius 1 is 0.822 bits per heavy atom. The van der Waals surface area contributed by atoms with Gasteiger partial charge in [-0.2, -0.15) is 0 Å². The van der Waals surface area contributed by atoms with Crippen molar-refractivity contribution in [3.63, 3.8) is 0 Å². The third-order valence-electron chi connectivity index (χ3n) is 6.24. The predicted molar refractivity (Wildman–Crippen MR) is 166 cm³/mol. The number of aliphatic carboxylic acids is 1. The quantitative estimate of drug-likeness (QED) is 0.0763. The van der Waals surface area contributed by atoms with E-state index in [0.717, 1.165) is 11.3 Å². The number of halogens is 2. The molecule has 45 heavy (non-hydrogen) atoms. The van der Waals surface area contributed by atoms with Crippen LogP contribution in [0.15, 0.2) is 36.4 Å². The second-order valence-electron chi connectivity index (χ2n) is 9.41. The van der Waals surface area contributed by atoms with Crippen LogP contribution in [0.3, 0.4) is 0 Å². The highest BCUT2D eigenvalue weighted by molar-refractivity contribution is 7.21. The lowest BCUT2D eigenvalue weighted by Gasteiger charge is -2.15. The zero-order chi connectivity index (χ0) is 33.3. The van der Waals surface area contributed by atoms with E-state index in [1.54, 1.807) is 6.07 Å². The molecule has 0 atom stereocenters. The molecule has 0 saturated carbocycles. The van der Waals surface area contributed by atoms with Crippen LogP contribution < -0.4 is 18.9 Å². The predicted octanol–water partition coefficient (Wildman–Crippen LogP) is 7.16. The average Bonchev–Trinajstić information content (AvgIpc) is 3.64. The van der Waals surface area contributed by atoms with Gasteiger partial charge in [0.2, 0.25) is 0 Å². The number of thiophene rings is 2. The summed E-state index contributed by atoms with van der Waals surface area (Å²) in [6.45, 7) is 5.14. The number of benzene rings is 2. The maximum atomic E-state index is 15.5. The smallest absolute Gasteiger partial charge is 0.303 e. The molecule has 0 aliphatic heterocycles. The van der Waals surface area contributed by atoms with E-state index >= 15 is 8.78 Å². The number of ketones is 2. The van der Waals surface area contributed by atoms with Crippen molar-refractivity contribution in [2.75, 3.05) is 27.4 Å². The molecule has 0 saturated heterocycles. The minimum atomic E-state index is -1.10. The fourth-order valence-electron chi connectivity index (χ4n) is 4.13. The number of Topliss-reactive ketones (excluding diaryl/α,β-unsaturated/α-hetero) is 2. The largest absolute Gasteiger partial charge is 0.493 e. The topological polar surface area (TPSA) is 146 Å². The maximum absolute atomic E-state index is 15.5. The summed E-state index contributed by atoms with van der Waals surface area (Å²) in [4.78, 5) is 44.5. The summed E-state index contributed by atoms with van der Waals surface area (Å²) in [6.07, 6.45) is 0.524. The van der Waals surface area contributed by atoms with Crippen LogP contribution in [0.1, 0.15) is 52.0 Å². The molecule has 0 amide bonds. The highest BCUT2D eigenvalue weighted by Gasteiger charge is 2.23. The van der Waals surface area contributed by atoms with Gasteiger partial charge in [0, 0.05) is 45.1 Å². The van der Waals surface area contributed by atoms with Crippen LogP contribution in [0.2, 0.25) is 0 Å². The summed E-state index contributed by atoms with van der Waals surface area (Å²) in [5.74, 6) is -3.11. The lowest BCUT2D eigenvalue weighted by molar-refractivity contribution is -0.137. The Labute approximate surface area is 264 Å². The van der Waals surface area contributed by atoms with E-state index in [4.69, 9.17) is 34.0 Å². The molecule has 2 heterocycles. The van der Waals surface area contributed by atoms with Crippen molar-refractivity contribution in [3.8, 4) is 23.0 Å².